The Labute approximate surface area is 179 Å². The number of amides is 1. The molecule has 1 aromatic rings. The second kappa shape index (κ2) is 9.91. The van der Waals surface area contributed by atoms with E-state index in [0.717, 1.165) is 38.3 Å². The number of hydrogen-bond acceptors (Lipinski definition) is 4. The fraction of sp³-hybridized carbons (Fsp3) is 0.800. The Morgan fingerprint density at radius 1 is 1.22 bits per heavy atom. The molecule has 1 aromatic heterocycles. The number of likely N-dealkylation sites (tertiary alicyclic amines) is 1. The molecule has 3 aliphatic rings. The van der Waals surface area contributed by atoms with Gasteiger partial charge in [0.15, 0.2) is 0 Å². The predicted molar refractivity (Wildman–Crippen MR) is 117 cm³/mol. The van der Waals surface area contributed by atoms with Crippen molar-refractivity contribution in [1.29, 1.82) is 0 Å². The van der Waals surface area contributed by atoms with Crippen molar-refractivity contribution in [3.8, 4) is 0 Å². The summed E-state index contributed by atoms with van der Waals surface area (Å²) in [5.41, 5.74) is 1.20. The molecule has 4 rings (SSSR count). The second-order valence-electron chi connectivity index (χ2n) is 8.49. The minimum absolute atomic E-state index is 0. The summed E-state index contributed by atoms with van der Waals surface area (Å²) >= 11 is 1.78. The smallest absolute Gasteiger partial charge is 0.239 e. The SMILES string of the molecule is CC(C)c1csc(C2CCCN(C(=O)C3CC4CCCCC4N3)C2)n1.Cl.Cl. The number of nitrogens with zero attached hydrogens (tertiary/aromatic N) is 2. The van der Waals surface area contributed by atoms with Crippen LogP contribution >= 0.6 is 36.2 Å². The minimum Gasteiger partial charge on any atom is -0.341 e. The van der Waals surface area contributed by atoms with Crippen LogP contribution in [0, 0.1) is 5.92 Å². The van der Waals surface area contributed by atoms with Crippen LogP contribution in [0.2, 0.25) is 0 Å². The van der Waals surface area contributed by atoms with Crippen LogP contribution in [0.15, 0.2) is 5.38 Å². The van der Waals surface area contributed by atoms with E-state index in [0.29, 0.717) is 23.8 Å². The van der Waals surface area contributed by atoms with Gasteiger partial charge in [-0.1, -0.05) is 26.7 Å². The van der Waals surface area contributed by atoms with Gasteiger partial charge in [-0.05, 0) is 43.9 Å². The van der Waals surface area contributed by atoms with Crippen LogP contribution in [0.1, 0.15) is 81.3 Å². The van der Waals surface area contributed by atoms with Gasteiger partial charge in [-0.2, -0.15) is 0 Å². The van der Waals surface area contributed by atoms with Crippen molar-refractivity contribution in [3.05, 3.63) is 16.1 Å². The van der Waals surface area contributed by atoms with Crippen molar-refractivity contribution in [2.75, 3.05) is 13.1 Å². The molecule has 4 nitrogen and oxygen atoms in total. The molecular formula is C20H33Cl2N3OS. The highest BCUT2D eigenvalue weighted by atomic mass is 35.5. The summed E-state index contributed by atoms with van der Waals surface area (Å²) < 4.78 is 0. The van der Waals surface area contributed by atoms with E-state index >= 15 is 0 Å². The number of piperidine rings is 1. The Bertz CT molecular complexity index is 610. The zero-order chi connectivity index (χ0) is 17.4. The van der Waals surface area contributed by atoms with Crippen molar-refractivity contribution >= 4 is 42.1 Å². The van der Waals surface area contributed by atoms with Gasteiger partial charge in [0.2, 0.25) is 5.91 Å². The van der Waals surface area contributed by atoms with Gasteiger partial charge in [0.05, 0.1) is 16.7 Å². The first-order valence-corrected chi connectivity index (χ1v) is 11.0. The van der Waals surface area contributed by atoms with Crippen LogP contribution in [0.3, 0.4) is 0 Å². The summed E-state index contributed by atoms with van der Waals surface area (Å²) in [7, 11) is 0. The Kier molecular flexibility index (Phi) is 8.41. The van der Waals surface area contributed by atoms with E-state index < -0.39 is 0 Å². The largest absolute Gasteiger partial charge is 0.341 e. The number of rotatable bonds is 3. The molecule has 154 valence electrons. The molecule has 4 unspecified atom stereocenters. The monoisotopic (exact) mass is 433 g/mol. The summed E-state index contributed by atoms with van der Waals surface area (Å²) in [6.45, 7) is 6.17. The Balaban J connectivity index is 0.00000131. The number of aromatic nitrogens is 1. The summed E-state index contributed by atoms with van der Waals surface area (Å²) in [5.74, 6) is 1.99. The quantitative estimate of drug-likeness (QED) is 0.748. The van der Waals surface area contributed by atoms with Crippen LogP contribution in [0.25, 0.3) is 0 Å². The molecule has 7 heteroatoms. The summed E-state index contributed by atoms with van der Waals surface area (Å²) in [6, 6.07) is 0.658. The molecule has 1 amide bonds. The first-order chi connectivity index (χ1) is 12.1. The van der Waals surface area contributed by atoms with E-state index in [9.17, 15) is 4.79 Å². The van der Waals surface area contributed by atoms with Crippen LogP contribution in [-0.2, 0) is 4.79 Å². The summed E-state index contributed by atoms with van der Waals surface area (Å²) in [4.78, 5) is 20.1. The Morgan fingerprint density at radius 2 is 2.00 bits per heavy atom. The van der Waals surface area contributed by atoms with E-state index in [2.05, 4.69) is 29.4 Å². The van der Waals surface area contributed by atoms with Gasteiger partial charge in [0.25, 0.3) is 0 Å². The third-order valence-corrected chi connectivity index (χ3v) is 7.40. The van der Waals surface area contributed by atoms with E-state index in [4.69, 9.17) is 4.98 Å². The lowest BCUT2D eigenvalue weighted by molar-refractivity contribution is -0.134. The van der Waals surface area contributed by atoms with Crippen molar-refractivity contribution < 1.29 is 4.79 Å². The van der Waals surface area contributed by atoms with Gasteiger partial charge >= 0.3 is 0 Å². The van der Waals surface area contributed by atoms with Crippen LogP contribution in [0.4, 0.5) is 0 Å². The lowest BCUT2D eigenvalue weighted by atomic mass is 9.85. The third-order valence-electron chi connectivity index (χ3n) is 6.37. The zero-order valence-corrected chi connectivity index (χ0v) is 18.8. The Hall–Kier alpha value is -0.360. The first-order valence-electron chi connectivity index (χ1n) is 10.1. The normalized spacial score (nSPS) is 30.4. The maximum Gasteiger partial charge on any atom is 0.239 e. The second-order valence-corrected chi connectivity index (χ2v) is 9.38. The number of hydrogen-bond donors (Lipinski definition) is 1. The van der Waals surface area contributed by atoms with E-state index in [1.807, 2.05) is 0 Å². The van der Waals surface area contributed by atoms with Crippen molar-refractivity contribution in [2.24, 2.45) is 5.92 Å². The van der Waals surface area contributed by atoms with E-state index in [1.54, 1.807) is 11.3 Å². The van der Waals surface area contributed by atoms with Crippen molar-refractivity contribution in [1.82, 2.24) is 15.2 Å². The van der Waals surface area contributed by atoms with Gasteiger partial charge in [-0.3, -0.25) is 4.79 Å². The van der Waals surface area contributed by atoms with Crippen molar-refractivity contribution in [2.45, 2.75) is 82.7 Å². The number of halogens is 2. The number of thiazole rings is 1. The fourth-order valence-electron chi connectivity index (χ4n) is 4.86. The molecule has 2 aliphatic heterocycles. The molecule has 0 spiro atoms. The molecular weight excluding hydrogens is 401 g/mol. The fourth-order valence-corrected chi connectivity index (χ4v) is 5.97. The molecule has 0 radical (unpaired) electrons. The average molecular weight is 434 g/mol. The first kappa shape index (κ1) is 22.9. The molecule has 4 atom stereocenters. The standard InChI is InChI=1S/C20H31N3OS.2ClH/c1-13(2)18-12-25-19(22-18)15-7-5-9-23(11-15)20(24)17-10-14-6-3-4-8-16(14)21-17;;/h12-17,21H,3-11H2,1-2H3;2*1H. The summed E-state index contributed by atoms with van der Waals surface area (Å²) in [5, 5.41) is 7.09. The molecule has 3 heterocycles. The van der Waals surface area contributed by atoms with Crippen molar-refractivity contribution in [3.63, 3.8) is 0 Å². The van der Waals surface area contributed by atoms with Gasteiger partial charge < -0.3 is 10.2 Å². The lowest BCUT2D eigenvalue weighted by Crippen LogP contribution is -2.48. The van der Waals surface area contributed by atoms with Crippen LogP contribution in [-0.4, -0.2) is 41.0 Å². The molecule has 3 fully saturated rings. The zero-order valence-electron chi connectivity index (χ0n) is 16.4. The number of fused-ring (bicyclic) bond motifs is 1. The van der Waals surface area contributed by atoms with Crippen LogP contribution < -0.4 is 5.32 Å². The molecule has 1 saturated carbocycles. The van der Waals surface area contributed by atoms with Crippen LogP contribution in [0.5, 0.6) is 0 Å². The topological polar surface area (TPSA) is 45.2 Å². The molecule has 0 bridgehead atoms. The summed E-state index contributed by atoms with van der Waals surface area (Å²) in [6.07, 6.45) is 8.56. The molecule has 1 N–H and O–H groups in total. The van der Waals surface area contributed by atoms with E-state index in [-0.39, 0.29) is 30.9 Å². The average Bonchev–Trinajstić information content (AvgIpc) is 3.28. The molecule has 1 aliphatic carbocycles. The highest BCUT2D eigenvalue weighted by Gasteiger charge is 2.40. The molecule has 27 heavy (non-hydrogen) atoms. The maximum absolute atomic E-state index is 13.1. The number of carbonyl (C=O) groups excluding carboxylic acids is 1. The molecule has 0 aromatic carbocycles. The predicted octanol–water partition coefficient (Wildman–Crippen LogP) is 4.74. The maximum atomic E-state index is 13.1. The Morgan fingerprint density at radius 3 is 2.70 bits per heavy atom. The van der Waals surface area contributed by atoms with Gasteiger partial charge in [-0.25, -0.2) is 4.98 Å². The highest BCUT2D eigenvalue weighted by molar-refractivity contribution is 7.09. The van der Waals surface area contributed by atoms with E-state index in [1.165, 1.54) is 36.4 Å². The minimum atomic E-state index is 0. The lowest BCUT2D eigenvalue weighted by Gasteiger charge is -2.33. The van der Waals surface area contributed by atoms with Gasteiger partial charge in [0.1, 0.15) is 0 Å². The molecule has 2 saturated heterocycles. The highest BCUT2D eigenvalue weighted by Crippen LogP contribution is 2.35. The number of carbonyl (C=O) groups is 1. The number of nitrogens with one attached hydrogen (secondary N) is 1. The third kappa shape index (κ3) is 4.98. The van der Waals surface area contributed by atoms with Gasteiger partial charge in [0, 0.05) is 30.4 Å². The van der Waals surface area contributed by atoms with Gasteiger partial charge in [-0.15, -0.1) is 36.2 Å².